The highest BCUT2D eigenvalue weighted by Crippen LogP contribution is 2.33. The molecule has 1 fully saturated rings. The van der Waals surface area contributed by atoms with Gasteiger partial charge in [0.15, 0.2) is 11.6 Å². The SMILES string of the molecule is CC(NC(=O)c1cccc(-c2ccc(C(=O)C3CC3)cc2)c1)c1nncn1C. The van der Waals surface area contributed by atoms with Crippen molar-refractivity contribution in [2.24, 2.45) is 13.0 Å². The predicted molar refractivity (Wildman–Crippen MR) is 106 cm³/mol. The molecule has 1 amide bonds. The van der Waals surface area contributed by atoms with Gasteiger partial charge in [0.25, 0.3) is 5.91 Å². The second-order valence-corrected chi connectivity index (χ2v) is 7.29. The van der Waals surface area contributed by atoms with Crippen LogP contribution in [0.25, 0.3) is 11.1 Å². The molecule has 1 unspecified atom stereocenters. The van der Waals surface area contributed by atoms with Crippen molar-refractivity contribution in [3.63, 3.8) is 0 Å². The molecule has 1 aliphatic carbocycles. The van der Waals surface area contributed by atoms with Crippen LogP contribution in [0.4, 0.5) is 0 Å². The molecule has 0 spiro atoms. The van der Waals surface area contributed by atoms with Crippen molar-refractivity contribution in [2.75, 3.05) is 0 Å². The number of Topliss-reactive ketones (excluding diaryl/α,β-unsaturated/α-hetero) is 1. The van der Waals surface area contributed by atoms with Gasteiger partial charge in [-0.2, -0.15) is 0 Å². The van der Waals surface area contributed by atoms with Crippen LogP contribution in [0, 0.1) is 5.92 Å². The van der Waals surface area contributed by atoms with Gasteiger partial charge < -0.3 is 9.88 Å². The maximum Gasteiger partial charge on any atom is 0.251 e. The minimum Gasteiger partial charge on any atom is -0.342 e. The number of aromatic nitrogens is 3. The van der Waals surface area contributed by atoms with Crippen LogP contribution in [0.15, 0.2) is 54.9 Å². The number of hydrogen-bond donors (Lipinski definition) is 1. The van der Waals surface area contributed by atoms with Gasteiger partial charge in [0.05, 0.1) is 6.04 Å². The van der Waals surface area contributed by atoms with Gasteiger partial charge in [-0.3, -0.25) is 9.59 Å². The van der Waals surface area contributed by atoms with Gasteiger partial charge in [0.2, 0.25) is 0 Å². The second-order valence-electron chi connectivity index (χ2n) is 7.29. The van der Waals surface area contributed by atoms with Crippen LogP contribution < -0.4 is 5.32 Å². The smallest absolute Gasteiger partial charge is 0.251 e. The fraction of sp³-hybridized carbons (Fsp3) is 0.273. The molecular weight excluding hydrogens is 352 g/mol. The van der Waals surface area contributed by atoms with Crippen LogP contribution in [0.5, 0.6) is 0 Å². The molecule has 1 heterocycles. The third-order valence-electron chi connectivity index (χ3n) is 5.06. The van der Waals surface area contributed by atoms with E-state index in [4.69, 9.17) is 0 Å². The van der Waals surface area contributed by atoms with Gasteiger partial charge in [0, 0.05) is 24.1 Å². The molecule has 3 aromatic rings. The van der Waals surface area contributed by atoms with Crippen molar-refractivity contribution < 1.29 is 9.59 Å². The van der Waals surface area contributed by atoms with Crippen molar-refractivity contribution in [2.45, 2.75) is 25.8 Å². The number of ketones is 1. The van der Waals surface area contributed by atoms with Crippen LogP contribution in [-0.4, -0.2) is 26.5 Å². The van der Waals surface area contributed by atoms with Crippen molar-refractivity contribution >= 4 is 11.7 Å². The minimum absolute atomic E-state index is 0.169. The van der Waals surface area contributed by atoms with Crippen LogP contribution in [0.2, 0.25) is 0 Å². The van der Waals surface area contributed by atoms with E-state index in [2.05, 4.69) is 15.5 Å². The zero-order chi connectivity index (χ0) is 19.7. The Kier molecular flexibility index (Phi) is 4.77. The molecule has 142 valence electrons. The lowest BCUT2D eigenvalue weighted by molar-refractivity contribution is 0.0936. The molecule has 28 heavy (non-hydrogen) atoms. The monoisotopic (exact) mass is 374 g/mol. The molecule has 0 aliphatic heterocycles. The van der Waals surface area contributed by atoms with Crippen LogP contribution in [-0.2, 0) is 7.05 Å². The van der Waals surface area contributed by atoms with E-state index in [1.165, 1.54) is 0 Å². The molecular formula is C22H22N4O2. The predicted octanol–water partition coefficient (Wildman–Crippen LogP) is 3.57. The Morgan fingerprint density at radius 3 is 2.46 bits per heavy atom. The van der Waals surface area contributed by atoms with Gasteiger partial charge in [-0.25, -0.2) is 0 Å². The Labute approximate surface area is 163 Å². The first-order valence-electron chi connectivity index (χ1n) is 9.42. The number of amides is 1. The Morgan fingerprint density at radius 2 is 1.82 bits per heavy atom. The van der Waals surface area contributed by atoms with Crippen molar-refractivity contribution in [1.29, 1.82) is 0 Å². The number of nitrogens with zero attached hydrogens (tertiary/aromatic N) is 3. The number of carbonyl (C=O) groups is 2. The van der Waals surface area contributed by atoms with Gasteiger partial charge in [0.1, 0.15) is 6.33 Å². The zero-order valence-electron chi connectivity index (χ0n) is 15.9. The standard InChI is InChI=1S/C22H22N4O2/c1-14(21-25-23-13-26(21)2)24-22(28)19-5-3-4-18(12-19)15-6-8-16(9-7-15)20(27)17-10-11-17/h3-9,12-14,17H,10-11H2,1-2H3,(H,24,28). The lowest BCUT2D eigenvalue weighted by Crippen LogP contribution is -2.28. The highest BCUT2D eigenvalue weighted by Gasteiger charge is 2.30. The summed E-state index contributed by atoms with van der Waals surface area (Å²) in [6.07, 6.45) is 3.62. The van der Waals surface area contributed by atoms with Gasteiger partial charge in [-0.15, -0.1) is 10.2 Å². The average molecular weight is 374 g/mol. The van der Waals surface area contributed by atoms with E-state index in [1.807, 2.05) is 56.4 Å². The number of carbonyl (C=O) groups excluding carboxylic acids is 2. The molecule has 0 saturated heterocycles. The van der Waals surface area contributed by atoms with E-state index in [1.54, 1.807) is 17.0 Å². The normalized spacial score (nSPS) is 14.5. The number of nitrogens with one attached hydrogen (secondary N) is 1. The fourth-order valence-electron chi connectivity index (χ4n) is 3.28. The lowest BCUT2D eigenvalue weighted by atomic mass is 9.99. The third kappa shape index (κ3) is 3.71. The summed E-state index contributed by atoms with van der Waals surface area (Å²) in [5.41, 5.74) is 3.25. The van der Waals surface area contributed by atoms with Gasteiger partial charge >= 0.3 is 0 Å². The molecule has 1 N–H and O–H groups in total. The average Bonchev–Trinajstić information content (AvgIpc) is 3.48. The molecule has 1 aliphatic rings. The molecule has 1 saturated carbocycles. The van der Waals surface area contributed by atoms with Gasteiger partial charge in [-0.1, -0.05) is 36.4 Å². The molecule has 0 radical (unpaired) electrons. The van der Waals surface area contributed by atoms with E-state index in [-0.39, 0.29) is 23.7 Å². The summed E-state index contributed by atoms with van der Waals surface area (Å²) in [6, 6.07) is 14.8. The third-order valence-corrected chi connectivity index (χ3v) is 5.06. The van der Waals surface area contributed by atoms with Gasteiger partial charge in [-0.05, 0) is 43.0 Å². The Morgan fingerprint density at radius 1 is 1.07 bits per heavy atom. The summed E-state index contributed by atoms with van der Waals surface area (Å²) >= 11 is 0. The number of benzene rings is 2. The summed E-state index contributed by atoms with van der Waals surface area (Å²) < 4.78 is 1.78. The first kappa shape index (κ1) is 18.1. The first-order chi connectivity index (χ1) is 13.5. The Balaban J connectivity index is 1.50. The lowest BCUT2D eigenvalue weighted by Gasteiger charge is -2.13. The summed E-state index contributed by atoms with van der Waals surface area (Å²) in [5, 5.41) is 10.8. The molecule has 0 bridgehead atoms. The molecule has 1 atom stereocenters. The molecule has 6 nitrogen and oxygen atoms in total. The topological polar surface area (TPSA) is 76.9 Å². The van der Waals surface area contributed by atoms with Crippen molar-refractivity contribution in [1.82, 2.24) is 20.1 Å². The highest BCUT2D eigenvalue weighted by atomic mass is 16.1. The first-order valence-corrected chi connectivity index (χ1v) is 9.42. The molecule has 1 aromatic heterocycles. The number of aryl methyl sites for hydroxylation is 1. The minimum atomic E-state index is -0.253. The van der Waals surface area contributed by atoms with E-state index >= 15 is 0 Å². The maximum absolute atomic E-state index is 12.7. The fourth-order valence-corrected chi connectivity index (χ4v) is 3.28. The summed E-state index contributed by atoms with van der Waals surface area (Å²) in [6.45, 7) is 1.88. The summed E-state index contributed by atoms with van der Waals surface area (Å²) in [4.78, 5) is 24.8. The van der Waals surface area contributed by atoms with E-state index in [9.17, 15) is 9.59 Å². The van der Waals surface area contributed by atoms with E-state index in [0.29, 0.717) is 11.4 Å². The maximum atomic E-state index is 12.7. The highest BCUT2D eigenvalue weighted by molar-refractivity contribution is 5.99. The Bertz CT molecular complexity index is 1020. The van der Waals surface area contributed by atoms with Crippen LogP contribution in [0.3, 0.4) is 0 Å². The number of hydrogen-bond acceptors (Lipinski definition) is 4. The van der Waals surface area contributed by atoms with Crippen molar-refractivity contribution in [3.8, 4) is 11.1 Å². The second kappa shape index (κ2) is 7.38. The molecule has 4 rings (SSSR count). The molecule has 2 aromatic carbocycles. The summed E-state index contributed by atoms with van der Waals surface area (Å²) in [7, 11) is 1.84. The Hall–Kier alpha value is -3.28. The van der Waals surface area contributed by atoms with Crippen molar-refractivity contribution in [3.05, 3.63) is 71.8 Å². The van der Waals surface area contributed by atoms with Crippen LogP contribution >= 0.6 is 0 Å². The largest absolute Gasteiger partial charge is 0.342 e. The van der Waals surface area contributed by atoms with Crippen LogP contribution in [0.1, 0.15) is 52.3 Å². The van der Waals surface area contributed by atoms with E-state index < -0.39 is 0 Å². The number of rotatable bonds is 6. The zero-order valence-corrected chi connectivity index (χ0v) is 15.9. The van der Waals surface area contributed by atoms with E-state index in [0.717, 1.165) is 29.5 Å². The quantitative estimate of drug-likeness (QED) is 0.669. The summed E-state index contributed by atoms with van der Waals surface area (Å²) in [5.74, 6) is 0.976. The molecule has 6 heteroatoms.